The summed E-state index contributed by atoms with van der Waals surface area (Å²) in [7, 11) is -1.13. The summed E-state index contributed by atoms with van der Waals surface area (Å²) in [6, 6.07) is 9.19. The first-order chi connectivity index (χ1) is 12.3. The summed E-state index contributed by atoms with van der Waals surface area (Å²) in [6.45, 7) is 0.280. The summed E-state index contributed by atoms with van der Waals surface area (Å²) < 4.78 is 36.1. The highest BCUT2D eigenvalue weighted by Crippen LogP contribution is 2.22. The molecule has 1 aliphatic rings. The van der Waals surface area contributed by atoms with Gasteiger partial charge < -0.3 is 10.2 Å². The molecule has 26 heavy (non-hydrogen) atoms. The second-order valence-electron chi connectivity index (χ2n) is 6.38. The van der Waals surface area contributed by atoms with E-state index in [0.29, 0.717) is 6.42 Å². The molecule has 0 radical (unpaired) electrons. The van der Waals surface area contributed by atoms with E-state index in [9.17, 15) is 17.6 Å². The molecule has 6 nitrogen and oxygen atoms in total. The average molecular weight is 377 g/mol. The van der Waals surface area contributed by atoms with Crippen molar-refractivity contribution in [3.63, 3.8) is 0 Å². The monoisotopic (exact) mass is 377 g/mol. The van der Waals surface area contributed by atoms with Gasteiger partial charge in [0.05, 0.1) is 23.4 Å². The second-order valence-corrected chi connectivity index (χ2v) is 8.61. The number of sulfone groups is 1. The molecule has 1 atom stereocenters. The molecule has 2 heterocycles. The number of hydrogen-bond acceptors (Lipinski definition) is 5. The molecule has 1 aliphatic heterocycles. The highest BCUT2D eigenvalue weighted by atomic mass is 32.2. The summed E-state index contributed by atoms with van der Waals surface area (Å²) in [6.07, 6.45) is 2.16. The lowest BCUT2D eigenvalue weighted by Gasteiger charge is -2.25. The van der Waals surface area contributed by atoms with Crippen LogP contribution in [0.5, 0.6) is 0 Å². The van der Waals surface area contributed by atoms with Crippen molar-refractivity contribution >= 4 is 21.4 Å². The largest absolute Gasteiger partial charge is 0.369 e. The number of hydrogen-bond donors (Lipinski definition) is 1. The standard InChI is InChI=1S/C18H20FN3O3S/c1-22(16-8-9-26(24,25)12-16)15-6-7-17(20-11-15)18(23)21-10-13-2-4-14(19)5-3-13/h2-7,11,16H,8-10,12H2,1H3,(H,21,23). The van der Waals surface area contributed by atoms with Gasteiger partial charge in [0.15, 0.2) is 9.84 Å². The van der Waals surface area contributed by atoms with Crippen molar-refractivity contribution in [3.05, 3.63) is 59.7 Å². The van der Waals surface area contributed by atoms with Crippen molar-refractivity contribution in [2.75, 3.05) is 23.5 Å². The number of nitrogens with zero attached hydrogens (tertiary/aromatic N) is 2. The Morgan fingerprint density at radius 1 is 1.27 bits per heavy atom. The fourth-order valence-electron chi connectivity index (χ4n) is 2.90. The Hall–Kier alpha value is -2.48. The van der Waals surface area contributed by atoms with Crippen LogP contribution >= 0.6 is 0 Å². The van der Waals surface area contributed by atoms with Crippen LogP contribution in [0.25, 0.3) is 0 Å². The molecule has 1 fully saturated rings. The molecular formula is C18H20FN3O3S. The fraction of sp³-hybridized carbons (Fsp3) is 0.333. The molecule has 1 aromatic carbocycles. The van der Waals surface area contributed by atoms with E-state index in [1.165, 1.54) is 12.1 Å². The minimum atomic E-state index is -2.96. The van der Waals surface area contributed by atoms with E-state index >= 15 is 0 Å². The third-order valence-electron chi connectivity index (χ3n) is 4.51. The molecule has 1 unspecified atom stereocenters. The molecule has 3 rings (SSSR count). The quantitative estimate of drug-likeness (QED) is 0.859. The van der Waals surface area contributed by atoms with E-state index in [1.807, 2.05) is 11.9 Å². The summed E-state index contributed by atoms with van der Waals surface area (Å²) in [5.74, 6) is -0.300. The van der Waals surface area contributed by atoms with Crippen molar-refractivity contribution < 1.29 is 17.6 Å². The van der Waals surface area contributed by atoms with E-state index in [0.717, 1.165) is 11.3 Å². The molecule has 0 bridgehead atoms. The van der Waals surface area contributed by atoms with E-state index in [4.69, 9.17) is 0 Å². The minimum absolute atomic E-state index is 0.0695. The summed E-state index contributed by atoms with van der Waals surface area (Å²) in [5, 5.41) is 2.73. The molecule has 1 saturated heterocycles. The van der Waals surface area contributed by atoms with Crippen LogP contribution in [-0.2, 0) is 16.4 Å². The lowest BCUT2D eigenvalue weighted by atomic mass is 10.2. The molecule has 1 N–H and O–H groups in total. The van der Waals surface area contributed by atoms with Crippen LogP contribution in [0.1, 0.15) is 22.5 Å². The molecule has 0 saturated carbocycles. The van der Waals surface area contributed by atoms with E-state index in [2.05, 4.69) is 10.3 Å². The summed E-state index contributed by atoms with van der Waals surface area (Å²) in [5.41, 5.74) is 1.82. The van der Waals surface area contributed by atoms with Gasteiger partial charge in [0.2, 0.25) is 0 Å². The van der Waals surface area contributed by atoms with Crippen LogP contribution in [0, 0.1) is 5.82 Å². The number of pyridine rings is 1. The van der Waals surface area contributed by atoms with Crippen molar-refractivity contribution in [1.29, 1.82) is 0 Å². The van der Waals surface area contributed by atoms with Crippen molar-refractivity contribution in [2.24, 2.45) is 0 Å². The maximum atomic E-state index is 12.9. The van der Waals surface area contributed by atoms with Crippen LogP contribution < -0.4 is 10.2 Å². The van der Waals surface area contributed by atoms with Crippen LogP contribution in [0.15, 0.2) is 42.6 Å². The van der Waals surface area contributed by atoms with Crippen LogP contribution in [0.2, 0.25) is 0 Å². The number of carbonyl (C=O) groups excluding carboxylic acids is 1. The number of nitrogens with one attached hydrogen (secondary N) is 1. The lowest BCUT2D eigenvalue weighted by molar-refractivity contribution is 0.0946. The molecule has 2 aromatic rings. The van der Waals surface area contributed by atoms with Gasteiger partial charge in [-0.15, -0.1) is 0 Å². The zero-order valence-corrected chi connectivity index (χ0v) is 15.2. The second kappa shape index (κ2) is 7.41. The zero-order valence-electron chi connectivity index (χ0n) is 14.4. The predicted molar refractivity (Wildman–Crippen MR) is 97.3 cm³/mol. The smallest absolute Gasteiger partial charge is 0.270 e. The van der Waals surface area contributed by atoms with Gasteiger partial charge in [-0.1, -0.05) is 12.1 Å². The molecule has 0 aliphatic carbocycles. The third-order valence-corrected chi connectivity index (χ3v) is 6.26. The SMILES string of the molecule is CN(c1ccc(C(=O)NCc2ccc(F)cc2)nc1)C1CCS(=O)(=O)C1. The Labute approximate surface area is 152 Å². The Morgan fingerprint density at radius 3 is 2.58 bits per heavy atom. The molecule has 0 spiro atoms. The summed E-state index contributed by atoms with van der Waals surface area (Å²) >= 11 is 0. The Kier molecular flexibility index (Phi) is 5.22. The number of aromatic nitrogens is 1. The number of carbonyl (C=O) groups is 1. The molecule has 1 aromatic heterocycles. The summed E-state index contributed by atoms with van der Waals surface area (Å²) in [4.78, 5) is 18.2. The third kappa shape index (κ3) is 4.37. The maximum Gasteiger partial charge on any atom is 0.270 e. The van der Waals surface area contributed by atoms with Crippen molar-refractivity contribution in [1.82, 2.24) is 10.3 Å². The van der Waals surface area contributed by atoms with E-state index < -0.39 is 9.84 Å². The van der Waals surface area contributed by atoms with Gasteiger partial charge in [-0.25, -0.2) is 17.8 Å². The molecule has 8 heteroatoms. The predicted octanol–water partition coefficient (Wildman–Crippen LogP) is 1.77. The van der Waals surface area contributed by atoms with Crippen LogP contribution in [-0.4, -0.2) is 43.9 Å². The Bertz CT molecular complexity index is 883. The zero-order chi connectivity index (χ0) is 18.7. The minimum Gasteiger partial charge on any atom is -0.369 e. The first-order valence-electron chi connectivity index (χ1n) is 8.26. The highest BCUT2D eigenvalue weighted by molar-refractivity contribution is 7.91. The average Bonchev–Trinajstić information content (AvgIpc) is 3.00. The van der Waals surface area contributed by atoms with Gasteiger partial charge in [0.1, 0.15) is 11.5 Å². The number of halogens is 1. The number of amides is 1. The number of anilines is 1. The van der Waals surface area contributed by atoms with Gasteiger partial charge in [0.25, 0.3) is 5.91 Å². The maximum absolute atomic E-state index is 12.9. The van der Waals surface area contributed by atoms with Crippen LogP contribution in [0.4, 0.5) is 10.1 Å². The lowest BCUT2D eigenvalue weighted by Crippen LogP contribution is -2.32. The Morgan fingerprint density at radius 2 is 2.00 bits per heavy atom. The topological polar surface area (TPSA) is 79.4 Å². The van der Waals surface area contributed by atoms with Gasteiger partial charge in [0, 0.05) is 19.6 Å². The van der Waals surface area contributed by atoms with Crippen molar-refractivity contribution in [2.45, 2.75) is 19.0 Å². The van der Waals surface area contributed by atoms with Gasteiger partial charge in [-0.05, 0) is 36.2 Å². The fourth-order valence-corrected chi connectivity index (χ4v) is 4.67. The molecule has 138 valence electrons. The highest BCUT2D eigenvalue weighted by Gasteiger charge is 2.30. The first kappa shape index (κ1) is 18.3. The Balaban J connectivity index is 1.59. The van der Waals surface area contributed by atoms with E-state index in [-0.39, 0.29) is 41.5 Å². The van der Waals surface area contributed by atoms with Gasteiger partial charge in [-0.2, -0.15) is 0 Å². The van der Waals surface area contributed by atoms with Crippen molar-refractivity contribution in [3.8, 4) is 0 Å². The van der Waals surface area contributed by atoms with Crippen LogP contribution in [0.3, 0.4) is 0 Å². The molecular weight excluding hydrogens is 357 g/mol. The van der Waals surface area contributed by atoms with Gasteiger partial charge >= 0.3 is 0 Å². The first-order valence-corrected chi connectivity index (χ1v) is 10.1. The van der Waals surface area contributed by atoms with E-state index in [1.54, 1.807) is 30.5 Å². The molecule has 1 amide bonds. The van der Waals surface area contributed by atoms with Gasteiger partial charge in [-0.3, -0.25) is 4.79 Å². The normalized spacial score (nSPS) is 18.5. The number of rotatable bonds is 5. The number of benzene rings is 1.